The fourth-order valence-electron chi connectivity index (χ4n) is 2.82. The lowest BCUT2D eigenvalue weighted by Gasteiger charge is -2.33. The third-order valence-corrected chi connectivity index (χ3v) is 4.86. The minimum atomic E-state index is -4.27. The molecule has 1 aliphatic heterocycles. The average Bonchev–Trinajstić information content (AvgIpc) is 2.58. The van der Waals surface area contributed by atoms with E-state index in [-0.39, 0.29) is 24.3 Å². The number of hydrogen-bond acceptors (Lipinski definition) is 2. The zero-order valence-corrected chi connectivity index (χ0v) is 15.4. The van der Waals surface area contributed by atoms with Crippen LogP contribution in [-0.4, -0.2) is 54.5 Å². The van der Waals surface area contributed by atoms with E-state index in [0.29, 0.717) is 31.5 Å². The van der Waals surface area contributed by atoms with E-state index < -0.39 is 12.6 Å². The van der Waals surface area contributed by atoms with Gasteiger partial charge in [-0.05, 0) is 37.1 Å². The lowest BCUT2D eigenvalue weighted by molar-refractivity contribution is -0.146. The molecule has 2 rings (SSSR count). The zero-order valence-electron chi connectivity index (χ0n) is 13.9. The van der Waals surface area contributed by atoms with Gasteiger partial charge in [-0.1, -0.05) is 15.9 Å². The number of nitrogens with zero attached hydrogens (tertiary/aromatic N) is 2. The molecule has 8 heteroatoms. The molecule has 0 spiro atoms. The smallest absolute Gasteiger partial charge is 0.345 e. The molecule has 1 fully saturated rings. The molecule has 25 heavy (non-hydrogen) atoms. The van der Waals surface area contributed by atoms with Crippen LogP contribution >= 0.6 is 15.9 Å². The number of rotatable bonds is 4. The Morgan fingerprint density at radius 3 is 2.28 bits per heavy atom. The van der Waals surface area contributed by atoms with Crippen LogP contribution in [0.25, 0.3) is 0 Å². The van der Waals surface area contributed by atoms with Crippen LogP contribution in [0.3, 0.4) is 0 Å². The highest BCUT2D eigenvalue weighted by molar-refractivity contribution is 9.10. The van der Waals surface area contributed by atoms with Crippen molar-refractivity contribution in [2.24, 2.45) is 5.92 Å². The van der Waals surface area contributed by atoms with Crippen LogP contribution in [0.1, 0.15) is 29.6 Å². The molecule has 0 radical (unpaired) electrons. The summed E-state index contributed by atoms with van der Waals surface area (Å²) < 4.78 is 37.7. The molecule has 0 unspecified atom stereocenters. The quantitative estimate of drug-likeness (QED) is 0.744. The molecule has 0 aromatic heterocycles. The highest BCUT2D eigenvalue weighted by Gasteiger charge is 2.32. The number of alkyl halides is 3. The number of halogens is 4. The predicted octanol–water partition coefficient (Wildman–Crippen LogP) is 3.71. The molecule has 1 saturated heterocycles. The van der Waals surface area contributed by atoms with Gasteiger partial charge in [-0.25, -0.2) is 0 Å². The van der Waals surface area contributed by atoms with E-state index in [4.69, 9.17) is 0 Å². The van der Waals surface area contributed by atoms with Gasteiger partial charge in [0.25, 0.3) is 5.91 Å². The van der Waals surface area contributed by atoms with E-state index in [9.17, 15) is 22.8 Å². The van der Waals surface area contributed by atoms with Crippen molar-refractivity contribution in [3.63, 3.8) is 0 Å². The predicted molar refractivity (Wildman–Crippen MR) is 91.1 cm³/mol. The summed E-state index contributed by atoms with van der Waals surface area (Å²) in [6.45, 7) is 0.525. The van der Waals surface area contributed by atoms with E-state index in [1.165, 1.54) is 7.05 Å². The summed E-state index contributed by atoms with van der Waals surface area (Å²) in [5, 5.41) is 0. The van der Waals surface area contributed by atoms with Gasteiger partial charge in [-0.2, -0.15) is 13.2 Å². The molecule has 2 amide bonds. The summed E-state index contributed by atoms with van der Waals surface area (Å²) in [6, 6.07) is 7.04. The largest absolute Gasteiger partial charge is 0.390 e. The first kappa shape index (κ1) is 19.8. The number of carbonyl (C=O) groups is 2. The summed E-state index contributed by atoms with van der Waals surface area (Å²) in [6.07, 6.45) is -4.33. The first-order valence-electron chi connectivity index (χ1n) is 8.04. The van der Waals surface area contributed by atoms with E-state index in [1.54, 1.807) is 29.2 Å². The summed E-state index contributed by atoms with van der Waals surface area (Å²) in [7, 11) is 1.40. The molecule has 0 bridgehead atoms. The molecular formula is C17H20BrF3N2O2. The topological polar surface area (TPSA) is 40.6 Å². The molecule has 1 aromatic carbocycles. The Morgan fingerprint density at radius 2 is 1.76 bits per heavy atom. The Kier molecular flexibility index (Phi) is 6.48. The third-order valence-electron chi connectivity index (χ3n) is 4.33. The molecule has 4 nitrogen and oxygen atoms in total. The number of carbonyl (C=O) groups excluding carboxylic acids is 2. The highest BCUT2D eigenvalue weighted by atomic mass is 79.9. The molecule has 1 aliphatic rings. The van der Waals surface area contributed by atoms with Gasteiger partial charge in [0, 0.05) is 42.6 Å². The molecule has 1 heterocycles. The van der Waals surface area contributed by atoms with Crippen LogP contribution in [0.15, 0.2) is 28.7 Å². The molecule has 0 N–H and O–H groups in total. The normalized spacial score (nSPS) is 16.0. The standard InChI is InChI=1S/C17H20BrF3N2O2/c1-22(11-8-17(19,20)21)15(24)13-6-9-23(10-7-13)16(25)12-2-4-14(18)5-3-12/h2-5,13H,6-11H2,1H3. The first-order valence-corrected chi connectivity index (χ1v) is 8.83. The van der Waals surface area contributed by atoms with Gasteiger partial charge >= 0.3 is 6.18 Å². The summed E-state index contributed by atoms with van der Waals surface area (Å²) in [4.78, 5) is 27.5. The minimum Gasteiger partial charge on any atom is -0.345 e. The van der Waals surface area contributed by atoms with Crippen molar-refractivity contribution in [1.82, 2.24) is 9.80 Å². The van der Waals surface area contributed by atoms with Crippen molar-refractivity contribution in [2.45, 2.75) is 25.4 Å². The molecule has 138 valence electrons. The van der Waals surface area contributed by atoms with E-state index in [0.717, 1.165) is 9.37 Å². The van der Waals surface area contributed by atoms with E-state index in [1.807, 2.05) is 0 Å². The highest BCUT2D eigenvalue weighted by Crippen LogP contribution is 2.23. The minimum absolute atomic E-state index is 0.0937. The van der Waals surface area contributed by atoms with Crippen molar-refractivity contribution >= 4 is 27.7 Å². The van der Waals surface area contributed by atoms with Gasteiger partial charge in [0.2, 0.25) is 5.91 Å². The summed E-state index contributed by atoms with van der Waals surface area (Å²) in [5.74, 6) is -0.698. The van der Waals surface area contributed by atoms with Crippen LogP contribution in [0.4, 0.5) is 13.2 Å². The Bertz CT molecular complexity index is 611. The van der Waals surface area contributed by atoms with Crippen molar-refractivity contribution in [2.75, 3.05) is 26.7 Å². The monoisotopic (exact) mass is 420 g/mol. The maximum Gasteiger partial charge on any atom is 0.390 e. The lowest BCUT2D eigenvalue weighted by atomic mass is 9.95. The number of likely N-dealkylation sites (tertiary alicyclic amines) is 1. The SMILES string of the molecule is CN(CCC(F)(F)F)C(=O)C1CCN(C(=O)c2ccc(Br)cc2)CC1. The second kappa shape index (κ2) is 8.21. The van der Waals surface area contributed by atoms with Crippen LogP contribution in [-0.2, 0) is 4.79 Å². The zero-order chi connectivity index (χ0) is 18.6. The van der Waals surface area contributed by atoms with Crippen molar-refractivity contribution < 1.29 is 22.8 Å². The van der Waals surface area contributed by atoms with Gasteiger partial charge in [-0.15, -0.1) is 0 Å². The van der Waals surface area contributed by atoms with Crippen molar-refractivity contribution in [3.05, 3.63) is 34.3 Å². The third kappa shape index (κ3) is 5.73. The second-order valence-electron chi connectivity index (χ2n) is 6.20. The van der Waals surface area contributed by atoms with E-state index in [2.05, 4.69) is 15.9 Å². The number of piperidine rings is 1. The maximum absolute atomic E-state index is 12.4. The molecule has 1 aromatic rings. The van der Waals surface area contributed by atoms with Gasteiger partial charge in [0.15, 0.2) is 0 Å². The van der Waals surface area contributed by atoms with E-state index >= 15 is 0 Å². The fourth-order valence-corrected chi connectivity index (χ4v) is 3.09. The average molecular weight is 421 g/mol. The maximum atomic E-state index is 12.4. The lowest BCUT2D eigenvalue weighted by Crippen LogP contribution is -2.44. The van der Waals surface area contributed by atoms with Crippen LogP contribution < -0.4 is 0 Å². The first-order chi connectivity index (χ1) is 11.7. The molecular weight excluding hydrogens is 401 g/mol. The van der Waals surface area contributed by atoms with Crippen LogP contribution in [0, 0.1) is 5.92 Å². The Morgan fingerprint density at radius 1 is 1.20 bits per heavy atom. The van der Waals surface area contributed by atoms with Gasteiger partial charge in [0.05, 0.1) is 6.42 Å². The van der Waals surface area contributed by atoms with Crippen molar-refractivity contribution in [3.8, 4) is 0 Å². The Balaban J connectivity index is 1.85. The van der Waals surface area contributed by atoms with Gasteiger partial charge in [-0.3, -0.25) is 9.59 Å². The Labute approximate surface area is 153 Å². The molecule has 0 saturated carbocycles. The van der Waals surface area contributed by atoms with Gasteiger partial charge in [0.1, 0.15) is 0 Å². The second-order valence-corrected chi connectivity index (χ2v) is 7.11. The van der Waals surface area contributed by atoms with Crippen LogP contribution in [0.2, 0.25) is 0 Å². The number of amides is 2. The Hall–Kier alpha value is -1.57. The summed E-state index contributed by atoms with van der Waals surface area (Å²) in [5.41, 5.74) is 0.579. The number of benzene rings is 1. The van der Waals surface area contributed by atoms with Gasteiger partial charge < -0.3 is 9.80 Å². The summed E-state index contributed by atoms with van der Waals surface area (Å²) >= 11 is 3.32. The molecule has 0 aliphatic carbocycles. The number of hydrogen-bond donors (Lipinski definition) is 0. The molecule has 0 atom stereocenters. The van der Waals surface area contributed by atoms with Crippen molar-refractivity contribution in [1.29, 1.82) is 0 Å². The fraction of sp³-hybridized carbons (Fsp3) is 0.529. The van der Waals surface area contributed by atoms with Crippen LogP contribution in [0.5, 0.6) is 0 Å².